The van der Waals surface area contributed by atoms with Crippen LogP contribution in [0.1, 0.15) is 39.5 Å². The number of unbranched alkanes of at least 4 members (excludes halogenated alkanes) is 2. The zero-order valence-corrected chi connectivity index (χ0v) is 12.1. The highest BCUT2D eigenvalue weighted by Gasteiger charge is 2.09. The van der Waals surface area contributed by atoms with Crippen molar-refractivity contribution in [2.75, 3.05) is 25.1 Å². The summed E-state index contributed by atoms with van der Waals surface area (Å²) >= 11 is 5.87. The van der Waals surface area contributed by atoms with Gasteiger partial charge in [0, 0.05) is 13.6 Å². The fourth-order valence-electron chi connectivity index (χ4n) is 1.45. The second-order valence-corrected chi connectivity index (χ2v) is 4.50. The Morgan fingerprint density at radius 1 is 1.11 bits per heavy atom. The summed E-state index contributed by atoms with van der Waals surface area (Å²) in [6, 6.07) is 0.300. The van der Waals surface area contributed by atoms with Crippen molar-refractivity contribution in [3.8, 4) is 6.01 Å². The highest BCUT2D eigenvalue weighted by Crippen LogP contribution is 2.14. The molecule has 0 saturated carbocycles. The summed E-state index contributed by atoms with van der Waals surface area (Å²) in [5, 5.41) is 0.174. The lowest BCUT2D eigenvalue weighted by Gasteiger charge is -2.17. The van der Waals surface area contributed by atoms with Gasteiger partial charge in [0.2, 0.25) is 11.2 Å². The Kier molecular flexibility index (Phi) is 6.72. The molecule has 0 N–H and O–H groups in total. The highest BCUT2D eigenvalue weighted by molar-refractivity contribution is 6.28. The fraction of sp³-hybridized carbons (Fsp3) is 0.750. The predicted octanol–water partition coefficient (Wildman–Crippen LogP) is 2.94. The Labute approximate surface area is 114 Å². The topological polar surface area (TPSA) is 51.1 Å². The standard InChI is InChI=1S/C12H21ClN4O/c1-4-6-7-8-17(3)11-14-10(13)15-12(16-11)18-9-5-2/h4-9H2,1-3H3. The van der Waals surface area contributed by atoms with Gasteiger partial charge >= 0.3 is 6.01 Å². The molecule has 102 valence electrons. The lowest BCUT2D eigenvalue weighted by atomic mass is 10.2. The van der Waals surface area contributed by atoms with Gasteiger partial charge in [0.15, 0.2) is 0 Å². The highest BCUT2D eigenvalue weighted by atomic mass is 35.5. The van der Waals surface area contributed by atoms with Crippen LogP contribution < -0.4 is 9.64 Å². The molecule has 5 nitrogen and oxygen atoms in total. The number of nitrogens with zero attached hydrogens (tertiary/aromatic N) is 4. The van der Waals surface area contributed by atoms with Crippen LogP contribution in [0.3, 0.4) is 0 Å². The maximum atomic E-state index is 5.87. The van der Waals surface area contributed by atoms with E-state index in [4.69, 9.17) is 16.3 Å². The summed E-state index contributed by atoms with van der Waals surface area (Å²) in [5.74, 6) is 0.567. The van der Waals surface area contributed by atoms with Crippen molar-refractivity contribution < 1.29 is 4.74 Å². The molecule has 0 unspecified atom stereocenters. The molecule has 0 spiro atoms. The van der Waals surface area contributed by atoms with E-state index in [2.05, 4.69) is 21.9 Å². The van der Waals surface area contributed by atoms with E-state index in [1.165, 1.54) is 12.8 Å². The van der Waals surface area contributed by atoms with Crippen LogP contribution in [0.4, 0.5) is 5.95 Å². The molecule has 0 saturated heterocycles. The molecule has 18 heavy (non-hydrogen) atoms. The minimum atomic E-state index is 0.174. The first-order chi connectivity index (χ1) is 8.67. The van der Waals surface area contributed by atoms with Gasteiger partial charge < -0.3 is 9.64 Å². The van der Waals surface area contributed by atoms with Gasteiger partial charge in [0.1, 0.15) is 0 Å². The van der Waals surface area contributed by atoms with Gasteiger partial charge in [-0.1, -0.05) is 26.7 Å². The molecule has 0 aliphatic heterocycles. The molecule has 0 atom stereocenters. The van der Waals surface area contributed by atoms with Crippen molar-refractivity contribution in [2.45, 2.75) is 39.5 Å². The zero-order valence-electron chi connectivity index (χ0n) is 11.3. The van der Waals surface area contributed by atoms with E-state index in [0.29, 0.717) is 18.6 Å². The molecule has 0 radical (unpaired) electrons. The molecular weight excluding hydrogens is 252 g/mol. The Hall–Kier alpha value is -1.10. The number of halogens is 1. The molecule has 1 aromatic rings. The van der Waals surface area contributed by atoms with Gasteiger partial charge in [-0.25, -0.2) is 0 Å². The van der Waals surface area contributed by atoms with Gasteiger partial charge in [0.25, 0.3) is 0 Å². The van der Waals surface area contributed by atoms with Crippen LogP contribution >= 0.6 is 11.6 Å². The molecular formula is C12H21ClN4O. The predicted molar refractivity (Wildman–Crippen MR) is 73.4 cm³/mol. The quantitative estimate of drug-likeness (QED) is 0.681. The van der Waals surface area contributed by atoms with Gasteiger partial charge in [-0.05, 0) is 24.4 Å². The molecule has 1 heterocycles. The number of aromatic nitrogens is 3. The number of hydrogen-bond acceptors (Lipinski definition) is 5. The smallest absolute Gasteiger partial charge is 0.322 e. The molecule has 0 aromatic carbocycles. The maximum Gasteiger partial charge on any atom is 0.322 e. The van der Waals surface area contributed by atoms with Crippen molar-refractivity contribution in [1.29, 1.82) is 0 Å². The van der Waals surface area contributed by atoms with Gasteiger partial charge in [-0.3, -0.25) is 0 Å². The summed E-state index contributed by atoms with van der Waals surface area (Å²) < 4.78 is 5.38. The lowest BCUT2D eigenvalue weighted by molar-refractivity contribution is 0.291. The van der Waals surface area contributed by atoms with Gasteiger partial charge in [-0.15, -0.1) is 0 Å². The summed E-state index contributed by atoms with van der Waals surface area (Å²) in [5.41, 5.74) is 0. The largest absolute Gasteiger partial charge is 0.463 e. The summed E-state index contributed by atoms with van der Waals surface area (Å²) in [7, 11) is 1.95. The molecule has 1 aromatic heterocycles. The number of ether oxygens (including phenoxy) is 1. The van der Waals surface area contributed by atoms with Crippen LogP contribution in [0.15, 0.2) is 0 Å². The Morgan fingerprint density at radius 2 is 1.89 bits per heavy atom. The van der Waals surface area contributed by atoms with Gasteiger partial charge in [-0.2, -0.15) is 15.0 Å². The molecule has 0 aliphatic carbocycles. The van der Waals surface area contributed by atoms with Crippen molar-refractivity contribution in [1.82, 2.24) is 15.0 Å². The van der Waals surface area contributed by atoms with Crippen LogP contribution in [-0.2, 0) is 0 Å². The normalized spacial score (nSPS) is 10.4. The second kappa shape index (κ2) is 8.08. The van der Waals surface area contributed by atoms with E-state index in [0.717, 1.165) is 19.4 Å². The molecule has 0 aliphatic rings. The molecule has 0 fully saturated rings. The number of rotatable bonds is 8. The van der Waals surface area contributed by atoms with E-state index in [1.807, 2.05) is 18.9 Å². The van der Waals surface area contributed by atoms with E-state index >= 15 is 0 Å². The Balaban J connectivity index is 2.65. The lowest BCUT2D eigenvalue weighted by Crippen LogP contribution is -2.21. The molecule has 0 amide bonds. The molecule has 6 heteroatoms. The van der Waals surface area contributed by atoms with Crippen molar-refractivity contribution in [2.24, 2.45) is 0 Å². The van der Waals surface area contributed by atoms with Crippen LogP contribution in [0.5, 0.6) is 6.01 Å². The SMILES string of the molecule is CCCCCN(C)c1nc(Cl)nc(OCCC)n1. The minimum Gasteiger partial charge on any atom is -0.463 e. The first-order valence-electron chi connectivity index (χ1n) is 6.42. The first kappa shape index (κ1) is 15.0. The maximum absolute atomic E-state index is 5.87. The van der Waals surface area contributed by atoms with Crippen LogP contribution in [0.2, 0.25) is 5.28 Å². The van der Waals surface area contributed by atoms with E-state index in [1.54, 1.807) is 0 Å². The summed E-state index contributed by atoms with van der Waals surface area (Å²) in [6.45, 7) is 5.69. The third-order valence-corrected chi connectivity index (χ3v) is 2.62. The van der Waals surface area contributed by atoms with E-state index < -0.39 is 0 Å². The fourth-order valence-corrected chi connectivity index (χ4v) is 1.60. The van der Waals surface area contributed by atoms with Crippen LogP contribution in [0.25, 0.3) is 0 Å². The average molecular weight is 273 g/mol. The molecule has 1 rings (SSSR count). The van der Waals surface area contributed by atoms with Gasteiger partial charge in [0.05, 0.1) is 6.61 Å². The third-order valence-electron chi connectivity index (χ3n) is 2.45. The van der Waals surface area contributed by atoms with E-state index in [9.17, 15) is 0 Å². The average Bonchev–Trinajstić information content (AvgIpc) is 2.36. The van der Waals surface area contributed by atoms with Crippen LogP contribution in [-0.4, -0.2) is 35.2 Å². The van der Waals surface area contributed by atoms with Crippen molar-refractivity contribution in [3.05, 3.63) is 5.28 Å². The molecule has 0 bridgehead atoms. The Morgan fingerprint density at radius 3 is 2.56 bits per heavy atom. The van der Waals surface area contributed by atoms with Crippen molar-refractivity contribution >= 4 is 17.5 Å². The number of anilines is 1. The summed E-state index contributed by atoms with van der Waals surface area (Å²) in [6.07, 6.45) is 4.41. The zero-order chi connectivity index (χ0) is 13.4. The second-order valence-electron chi connectivity index (χ2n) is 4.16. The monoisotopic (exact) mass is 272 g/mol. The van der Waals surface area contributed by atoms with Crippen molar-refractivity contribution in [3.63, 3.8) is 0 Å². The number of hydrogen-bond donors (Lipinski definition) is 0. The minimum absolute atomic E-state index is 0.174. The summed E-state index contributed by atoms with van der Waals surface area (Å²) in [4.78, 5) is 14.3. The van der Waals surface area contributed by atoms with E-state index in [-0.39, 0.29) is 5.28 Å². The Bertz CT molecular complexity index is 362. The first-order valence-corrected chi connectivity index (χ1v) is 6.80. The van der Waals surface area contributed by atoms with Crippen LogP contribution in [0, 0.1) is 0 Å². The third kappa shape index (κ3) is 5.04.